The third kappa shape index (κ3) is 5.07. The van der Waals surface area contributed by atoms with Crippen LogP contribution in [0.2, 0.25) is 0 Å². The summed E-state index contributed by atoms with van der Waals surface area (Å²) in [6, 6.07) is 0. The van der Waals surface area contributed by atoms with E-state index in [1.54, 1.807) is 0 Å². The van der Waals surface area contributed by atoms with E-state index in [2.05, 4.69) is 59.8 Å². The second kappa shape index (κ2) is 9.27. The van der Waals surface area contributed by atoms with E-state index in [9.17, 15) is 0 Å². The van der Waals surface area contributed by atoms with Crippen molar-refractivity contribution in [1.82, 2.24) is 0 Å². The van der Waals surface area contributed by atoms with Gasteiger partial charge in [0.05, 0.1) is 5.54 Å². The van der Waals surface area contributed by atoms with Crippen molar-refractivity contribution in [2.45, 2.75) is 111 Å². The molecule has 0 radical (unpaired) electrons. The molecule has 0 bridgehead atoms. The average Bonchev–Trinajstić information content (AvgIpc) is 2.76. The SMILES string of the molecule is C=NC1(C)CCC(C(C)(CCCC)C(=C)C)C2C(CC(C)C)CCCC2C1. The topological polar surface area (TPSA) is 12.4 Å². The summed E-state index contributed by atoms with van der Waals surface area (Å²) in [4.78, 5) is 4.67. The van der Waals surface area contributed by atoms with E-state index < -0.39 is 0 Å². The molecule has 0 aliphatic heterocycles. The van der Waals surface area contributed by atoms with Gasteiger partial charge in [0.1, 0.15) is 0 Å². The molecule has 0 saturated heterocycles. The van der Waals surface area contributed by atoms with E-state index in [1.807, 2.05) is 0 Å². The molecule has 2 fully saturated rings. The van der Waals surface area contributed by atoms with Crippen LogP contribution in [0.15, 0.2) is 17.1 Å². The van der Waals surface area contributed by atoms with Crippen molar-refractivity contribution in [1.29, 1.82) is 0 Å². The van der Waals surface area contributed by atoms with Crippen LogP contribution in [0.3, 0.4) is 0 Å². The number of fused-ring (bicyclic) bond motifs is 1. The molecule has 0 amide bonds. The third-order valence-electron chi connectivity index (χ3n) is 8.40. The van der Waals surface area contributed by atoms with Crippen molar-refractivity contribution in [3.05, 3.63) is 12.2 Å². The van der Waals surface area contributed by atoms with Crippen LogP contribution in [0.25, 0.3) is 0 Å². The minimum Gasteiger partial charge on any atom is -0.295 e. The van der Waals surface area contributed by atoms with Crippen LogP contribution >= 0.6 is 0 Å². The normalized spacial score (nSPS) is 36.6. The molecule has 6 atom stereocenters. The molecule has 156 valence electrons. The van der Waals surface area contributed by atoms with E-state index in [1.165, 1.54) is 69.8 Å². The van der Waals surface area contributed by atoms with Gasteiger partial charge in [-0.3, -0.25) is 4.99 Å². The lowest BCUT2D eigenvalue weighted by Crippen LogP contribution is -2.42. The van der Waals surface area contributed by atoms with Crippen LogP contribution < -0.4 is 0 Å². The van der Waals surface area contributed by atoms with Gasteiger partial charge in [-0.25, -0.2) is 0 Å². The minimum absolute atomic E-state index is 0.0815. The smallest absolute Gasteiger partial charge is 0.0575 e. The first-order valence-corrected chi connectivity index (χ1v) is 11.8. The molecular weight excluding hydrogens is 326 g/mol. The predicted molar refractivity (Wildman–Crippen MR) is 122 cm³/mol. The Balaban J connectivity index is 2.45. The standard InChI is InChI=1S/C26H47N/c1-9-10-15-26(7,20(4)5)23-14-16-25(6,27-8)18-22-13-11-12-21(24(22)23)17-19(2)3/h19,21-24H,4,8-18H2,1-3,5-7H3. The lowest BCUT2D eigenvalue weighted by atomic mass is 9.55. The first-order valence-electron chi connectivity index (χ1n) is 11.8. The molecule has 1 nitrogen and oxygen atoms in total. The zero-order valence-corrected chi connectivity index (χ0v) is 19.3. The van der Waals surface area contributed by atoms with Gasteiger partial charge in [-0.2, -0.15) is 0 Å². The Hall–Kier alpha value is -0.590. The summed E-state index contributed by atoms with van der Waals surface area (Å²) >= 11 is 0. The Morgan fingerprint density at radius 2 is 1.96 bits per heavy atom. The molecular formula is C26H47N. The first-order chi connectivity index (χ1) is 12.7. The summed E-state index contributed by atoms with van der Waals surface area (Å²) in [5.74, 6) is 4.13. The minimum atomic E-state index is 0.0815. The summed E-state index contributed by atoms with van der Waals surface area (Å²) in [6.07, 6.45) is 13.3. The van der Waals surface area contributed by atoms with Crippen LogP contribution in [-0.2, 0) is 0 Å². The van der Waals surface area contributed by atoms with E-state index in [-0.39, 0.29) is 11.0 Å². The maximum absolute atomic E-state index is 4.67. The Labute approximate surface area is 170 Å². The number of allylic oxidation sites excluding steroid dienone is 1. The molecule has 2 aliphatic rings. The van der Waals surface area contributed by atoms with Gasteiger partial charge in [0.25, 0.3) is 0 Å². The number of unbranched alkanes of at least 4 members (excludes halogenated alkanes) is 1. The van der Waals surface area contributed by atoms with Gasteiger partial charge in [-0.15, -0.1) is 0 Å². The van der Waals surface area contributed by atoms with Gasteiger partial charge < -0.3 is 0 Å². The van der Waals surface area contributed by atoms with Gasteiger partial charge in [0.15, 0.2) is 0 Å². The third-order valence-corrected chi connectivity index (χ3v) is 8.40. The number of hydrogen-bond acceptors (Lipinski definition) is 1. The second-order valence-corrected chi connectivity index (χ2v) is 11.0. The summed E-state index contributed by atoms with van der Waals surface area (Å²) in [5.41, 5.74) is 1.78. The van der Waals surface area contributed by atoms with Crippen molar-refractivity contribution in [3.8, 4) is 0 Å². The fourth-order valence-corrected chi connectivity index (χ4v) is 6.66. The summed E-state index contributed by atoms with van der Waals surface area (Å²) < 4.78 is 0. The van der Waals surface area contributed by atoms with Crippen molar-refractivity contribution >= 4 is 6.72 Å². The highest BCUT2D eigenvalue weighted by atomic mass is 14.8. The largest absolute Gasteiger partial charge is 0.295 e. The molecule has 0 heterocycles. The van der Waals surface area contributed by atoms with E-state index in [4.69, 9.17) is 0 Å². The second-order valence-electron chi connectivity index (χ2n) is 11.0. The quantitative estimate of drug-likeness (QED) is 0.301. The van der Waals surface area contributed by atoms with E-state index >= 15 is 0 Å². The predicted octanol–water partition coefficient (Wildman–Crippen LogP) is 8.10. The number of aliphatic imine (C=N–C) groups is 1. The van der Waals surface area contributed by atoms with Gasteiger partial charge >= 0.3 is 0 Å². The van der Waals surface area contributed by atoms with Crippen molar-refractivity contribution in [2.75, 3.05) is 0 Å². The number of rotatable bonds is 8. The Morgan fingerprint density at radius 3 is 2.52 bits per heavy atom. The van der Waals surface area contributed by atoms with Crippen LogP contribution in [-0.4, -0.2) is 12.3 Å². The highest BCUT2D eigenvalue weighted by molar-refractivity contribution is 5.26. The van der Waals surface area contributed by atoms with Crippen LogP contribution in [0.1, 0.15) is 106 Å². The molecule has 0 spiro atoms. The van der Waals surface area contributed by atoms with Gasteiger partial charge in [0, 0.05) is 0 Å². The van der Waals surface area contributed by atoms with Crippen molar-refractivity contribution in [3.63, 3.8) is 0 Å². The maximum Gasteiger partial charge on any atom is 0.0575 e. The molecule has 0 aromatic heterocycles. The number of nitrogens with zero attached hydrogens (tertiary/aromatic N) is 1. The number of hydrogen-bond donors (Lipinski definition) is 0. The summed E-state index contributed by atoms with van der Waals surface area (Å²) in [7, 11) is 0. The van der Waals surface area contributed by atoms with Crippen molar-refractivity contribution < 1.29 is 0 Å². The maximum atomic E-state index is 4.67. The lowest BCUT2D eigenvalue weighted by molar-refractivity contribution is 0.0178. The van der Waals surface area contributed by atoms with Crippen LogP contribution in [0.5, 0.6) is 0 Å². The summed E-state index contributed by atoms with van der Waals surface area (Å²) in [6.45, 7) is 22.9. The van der Waals surface area contributed by atoms with Crippen LogP contribution in [0.4, 0.5) is 0 Å². The molecule has 2 rings (SSSR count). The molecule has 27 heavy (non-hydrogen) atoms. The molecule has 6 unspecified atom stereocenters. The Bertz CT molecular complexity index is 506. The van der Waals surface area contributed by atoms with Crippen molar-refractivity contribution in [2.24, 2.45) is 40.0 Å². The highest BCUT2D eigenvalue weighted by Crippen LogP contribution is 2.57. The molecule has 2 aliphatic carbocycles. The fraction of sp³-hybridized carbons (Fsp3) is 0.885. The lowest BCUT2D eigenvalue weighted by Gasteiger charge is -2.50. The molecule has 0 aromatic rings. The first kappa shape index (κ1) is 22.7. The Morgan fingerprint density at radius 1 is 1.26 bits per heavy atom. The van der Waals surface area contributed by atoms with E-state index in [0.29, 0.717) is 0 Å². The Kier molecular flexibility index (Phi) is 7.79. The van der Waals surface area contributed by atoms with Crippen LogP contribution in [0, 0.1) is 35.0 Å². The van der Waals surface area contributed by atoms with Gasteiger partial charge in [0.2, 0.25) is 0 Å². The molecule has 0 N–H and O–H groups in total. The molecule has 0 aromatic carbocycles. The van der Waals surface area contributed by atoms with E-state index in [0.717, 1.165) is 29.6 Å². The van der Waals surface area contributed by atoms with Gasteiger partial charge in [-0.05, 0) is 87.7 Å². The highest BCUT2D eigenvalue weighted by Gasteiger charge is 2.50. The molecule has 1 heteroatoms. The summed E-state index contributed by atoms with van der Waals surface area (Å²) in [5, 5.41) is 0. The zero-order valence-electron chi connectivity index (χ0n) is 19.3. The molecule has 2 saturated carbocycles. The fourth-order valence-electron chi connectivity index (χ4n) is 6.66. The monoisotopic (exact) mass is 373 g/mol. The average molecular weight is 374 g/mol. The zero-order chi connectivity index (χ0) is 20.2. The van der Waals surface area contributed by atoms with Gasteiger partial charge in [-0.1, -0.05) is 72.0 Å².